The summed E-state index contributed by atoms with van der Waals surface area (Å²) in [4.78, 5) is 49.9. The lowest BCUT2D eigenvalue weighted by Crippen LogP contribution is -2.43. The minimum absolute atomic E-state index is 0.000738. The number of esters is 1. The molecule has 2 N–H and O–H groups in total. The number of hydrogen-bond donors (Lipinski definition) is 1. The molecule has 10 nitrogen and oxygen atoms in total. The van der Waals surface area contributed by atoms with Crippen LogP contribution in [0.5, 0.6) is 11.5 Å². The molecule has 10 heteroatoms. The molecule has 0 aliphatic carbocycles. The fourth-order valence-electron chi connectivity index (χ4n) is 3.24. The Morgan fingerprint density at radius 2 is 1.62 bits per heavy atom. The average Bonchev–Trinajstić information content (AvgIpc) is 2.85. The van der Waals surface area contributed by atoms with Crippen molar-refractivity contribution in [1.82, 2.24) is 9.13 Å². The first-order chi connectivity index (χ1) is 16.3. The van der Waals surface area contributed by atoms with Crippen LogP contribution in [0, 0.1) is 0 Å². The van der Waals surface area contributed by atoms with E-state index in [1.54, 1.807) is 48.5 Å². The van der Waals surface area contributed by atoms with Crippen LogP contribution >= 0.6 is 0 Å². The molecule has 3 aromatic rings. The van der Waals surface area contributed by atoms with Crippen LogP contribution in [-0.2, 0) is 23.1 Å². The molecule has 178 valence electrons. The lowest BCUT2D eigenvalue weighted by molar-refractivity contribution is -0.143. The number of carbonyl (C=O) groups is 2. The number of hydrogen-bond acceptors (Lipinski definition) is 8. The Hall–Kier alpha value is -4.34. The van der Waals surface area contributed by atoms with Gasteiger partial charge in [-0.25, -0.2) is 4.79 Å². The molecule has 34 heavy (non-hydrogen) atoms. The number of anilines is 1. The minimum atomic E-state index is -0.854. The molecule has 0 radical (unpaired) electrons. The third-order valence-electron chi connectivity index (χ3n) is 5.04. The van der Waals surface area contributed by atoms with Gasteiger partial charge in [-0.05, 0) is 17.7 Å². The van der Waals surface area contributed by atoms with Crippen LogP contribution in [0.1, 0.15) is 22.3 Å². The SMILES string of the molecule is COc1ccccc1OCCC(=O)OCC(=O)c1c(N)n(Cc2ccccc2)c(=O)n(C)c1=O. The quantitative estimate of drug-likeness (QED) is 0.349. The standard InChI is InChI=1S/C24H25N3O7/c1-26-23(30)21(22(25)27(24(26)31)14-16-8-4-3-5-9-16)17(28)15-34-20(29)12-13-33-19-11-7-6-10-18(19)32-2/h3-11H,12-15,25H2,1-2H3. The van der Waals surface area contributed by atoms with Crippen molar-refractivity contribution < 1.29 is 23.8 Å². The topological polar surface area (TPSA) is 132 Å². The van der Waals surface area contributed by atoms with Crippen LogP contribution < -0.4 is 26.5 Å². The molecule has 0 amide bonds. The summed E-state index contributed by atoms with van der Waals surface area (Å²) in [5.74, 6) is -0.804. The Morgan fingerprint density at radius 3 is 2.29 bits per heavy atom. The number of ketones is 1. The largest absolute Gasteiger partial charge is 0.493 e. The molecule has 0 bridgehead atoms. The number of nitrogens with two attached hydrogens (primary N) is 1. The highest BCUT2D eigenvalue weighted by molar-refractivity contribution is 6.01. The number of methoxy groups -OCH3 is 1. The highest BCUT2D eigenvalue weighted by Crippen LogP contribution is 2.25. The molecule has 2 aromatic carbocycles. The number of carbonyl (C=O) groups excluding carboxylic acids is 2. The van der Waals surface area contributed by atoms with Crippen LogP contribution in [0.3, 0.4) is 0 Å². The van der Waals surface area contributed by atoms with E-state index < -0.39 is 35.2 Å². The maximum atomic E-state index is 12.7. The second-order valence-corrected chi connectivity index (χ2v) is 7.31. The van der Waals surface area contributed by atoms with Gasteiger partial charge in [-0.1, -0.05) is 42.5 Å². The number of nitrogen functional groups attached to an aromatic ring is 1. The summed E-state index contributed by atoms with van der Waals surface area (Å²) >= 11 is 0. The Balaban J connectivity index is 1.66. The van der Waals surface area contributed by atoms with Gasteiger partial charge in [0.25, 0.3) is 5.56 Å². The van der Waals surface area contributed by atoms with Crippen molar-refractivity contribution >= 4 is 17.6 Å². The molecule has 0 spiro atoms. The fraction of sp³-hybridized carbons (Fsp3) is 0.250. The summed E-state index contributed by atoms with van der Waals surface area (Å²) in [6.45, 7) is -0.629. The molecule has 1 aromatic heterocycles. The van der Waals surface area contributed by atoms with E-state index in [1.165, 1.54) is 14.2 Å². The van der Waals surface area contributed by atoms with E-state index >= 15 is 0 Å². The summed E-state index contributed by atoms with van der Waals surface area (Å²) in [5, 5.41) is 0. The summed E-state index contributed by atoms with van der Waals surface area (Å²) in [6, 6.07) is 15.9. The molecule has 0 saturated carbocycles. The van der Waals surface area contributed by atoms with Crippen LogP contribution in [-0.4, -0.2) is 41.2 Å². The maximum absolute atomic E-state index is 12.7. The zero-order valence-electron chi connectivity index (χ0n) is 18.9. The zero-order chi connectivity index (χ0) is 24.7. The number of rotatable bonds is 10. The Kier molecular flexibility index (Phi) is 7.86. The van der Waals surface area contributed by atoms with Crippen molar-refractivity contribution in [3.63, 3.8) is 0 Å². The predicted molar refractivity (Wildman–Crippen MR) is 124 cm³/mol. The minimum Gasteiger partial charge on any atom is -0.493 e. The van der Waals surface area contributed by atoms with Gasteiger partial charge in [0.05, 0.1) is 26.7 Å². The van der Waals surface area contributed by atoms with E-state index in [4.69, 9.17) is 19.9 Å². The Morgan fingerprint density at radius 1 is 0.971 bits per heavy atom. The highest BCUT2D eigenvalue weighted by atomic mass is 16.5. The van der Waals surface area contributed by atoms with Crippen molar-refractivity contribution in [2.75, 3.05) is 26.1 Å². The number of benzene rings is 2. The van der Waals surface area contributed by atoms with Gasteiger partial charge in [0.1, 0.15) is 11.4 Å². The van der Waals surface area contributed by atoms with Crippen LogP contribution in [0.4, 0.5) is 5.82 Å². The Labute approximate surface area is 195 Å². The molecule has 0 unspecified atom stereocenters. The van der Waals surface area contributed by atoms with Crippen molar-refractivity contribution in [3.05, 3.63) is 86.6 Å². The number of para-hydroxylation sites is 2. The number of ether oxygens (including phenoxy) is 3. The van der Waals surface area contributed by atoms with Crippen LogP contribution in [0.15, 0.2) is 64.2 Å². The first-order valence-corrected chi connectivity index (χ1v) is 10.4. The molecule has 1 heterocycles. The van der Waals surface area contributed by atoms with Crippen molar-refractivity contribution in [3.8, 4) is 11.5 Å². The third-order valence-corrected chi connectivity index (χ3v) is 5.04. The maximum Gasteiger partial charge on any atom is 0.332 e. The second kappa shape index (κ2) is 11.0. The van der Waals surface area contributed by atoms with Crippen LogP contribution in [0.25, 0.3) is 0 Å². The number of nitrogens with zero attached hydrogens (tertiary/aromatic N) is 2. The summed E-state index contributed by atoms with van der Waals surface area (Å²) < 4.78 is 17.6. The van der Waals surface area contributed by atoms with E-state index in [9.17, 15) is 19.2 Å². The number of Topliss-reactive ketones (excluding diaryl/α,β-unsaturated/α-hetero) is 1. The van der Waals surface area contributed by atoms with Gasteiger partial charge in [0.15, 0.2) is 18.1 Å². The van der Waals surface area contributed by atoms with Crippen molar-refractivity contribution in [2.45, 2.75) is 13.0 Å². The average molecular weight is 467 g/mol. The lowest BCUT2D eigenvalue weighted by atomic mass is 10.2. The monoisotopic (exact) mass is 467 g/mol. The fourth-order valence-corrected chi connectivity index (χ4v) is 3.24. The highest BCUT2D eigenvalue weighted by Gasteiger charge is 2.22. The van der Waals surface area contributed by atoms with Gasteiger partial charge in [0.2, 0.25) is 5.78 Å². The molecule has 0 atom stereocenters. The van der Waals surface area contributed by atoms with Crippen molar-refractivity contribution in [2.24, 2.45) is 7.05 Å². The molecule has 0 saturated heterocycles. The van der Waals surface area contributed by atoms with Crippen molar-refractivity contribution in [1.29, 1.82) is 0 Å². The van der Waals surface area contributed by atoms with E-state index in [-0.39, 0.29) is 25.4 Å². The van der Waals surface area contributed by atoms with Crippen LogP contribution in [0.2, 0.25) is 0 Å². The second-order valence-electron chi connectivity index (χ2n) is 7.31. The van der Waals surface area contributed by atoms with Gasteiger partial charge in [-0.15, -0.1) is 0 Å². The van der Waals surface area contributed by atoms with Gasteiger partial charge in [0, 0.05) is 7.05 Å². The van der Waals surface area contributed by atoms with Gasteiger partial charge in [-0.3, -0.25) is 23.5 Å². The van der Waals surface area contributed by atoms with E-state index in [0.717, 1.165) is 14.7 Å². The van der Waals surface area contributed by atoms with E-state index in [0.29, 0.717) is 11.5 Å². The molecular formula is C24H25N3O7. The van der Waals surface area contributed by atoms with Gasteiger partial charge in [-0.2, -0.15) is 0 Å². The predicted octanol–water partition coefficient (Wildman–Crippen LogP) is 1.38. The molecule has 3 rings (SSSR count). The number of aromatic nitrogens is 2. The molecule has 0 aliphatic heterocycles. The smallest absolute Gasteiger partial charge is 0.332 e. The molecular weight excluding hydrogens is 442 g/mol. The first kappa shape index (κ1) is 24.3. The van der Waals surface area contributed by atoms with Gasteiger partial charge >= 0.3 is 11.7 Å². The summed E-state index contributed by atoms with van der Waals surface area (Å²) in [5.41, 5.74) is 4.88. The zero-order valence-corrected chi connectivity index (χ0v) is 18.9. The molecule has 0 aliphatic rings. The normalized spacial score (nSPS) is 10.5. The Bertz CT molecular complexity index is 1300. The first-order valence-electron chi connectivity index (χ1n) is 10.4. The summed E-state index contributed by atoms with van der Waals surface area (Å²) in [6.07, 6.45) is -0.133. The van der Waals surface area contributed by atoms with Gasteiger partial charge < -0.3 is 19.9 Å². The van der Waals surface area contributed by atoms with E-state index in [1.807, 2.05) is 6.07 Å². The lowest BCUT2D eigenvalue weighted by Gasteiger charge is -2.15. The molecule has 0 fully saturated rings. The summed E-state index contributed by atoms with van der Waals surface area (Å²) in [7, 11) is 2.75. The third kappa shape index (κ3) is 5.52. The van der Waals surface area contributed by atoms with E-state index in [2.05, 4.69) is 0 Å².